The van der Waals surface area contributed by atoms with Gasteiger partial charge in [-0.2, -0.15) is 0 Å². The Hall–Kier alpha value is -0.870. The van der Waals surface area contributed by atoms with E-state index in [1.165, 1.54) is 26.4 Å². The van der Waals surface area contributed by atoms with Crippen LogP contribution in [0, 0.1) is 11.3 Å². The maximum absolute atomic E-state index is 11.6. The zero-order valence-corrected chi connectivity index (χ0v) is 16.2. The molecule has 4 heteroatoms. The van der Waals surface area contributed by atoms with Gasteiger partial charge in [0.15, 0.2) is 0 Å². The molecular formula is C20H34O4. The number of hydrogen-bond donors (Lipinski definition) is 0. The highest BCUT2D eigenvalue weighted by molar-refractivity contribution is 5.72. The smallest absolute Gasteiger partial charge is 0.311 e. The van der Waals surface area contributed by atoms with E-state index in [2.05, 4.69) is 27.7 Å². The predicted octanol–water partition coefficient (Wildman–Crippen LogP) is 4.97. The Morgan fingerprint density at radius 1 is 1.33 bits per heavy atom. The van der Waals surface area contributed by atoms with E-state index < -0.39 is 0 Å². The summed E-state index contributed by atoms with van der Waals surface area (Å²) >= 11 is 0. The van der Waals surface area contributed by atoms with E-state index in [1.54, 1.807) is 11.1 Å². The molecule has 0 spiro atoms. The highest BCUT2D eigenvalue weighted by atomic mass is 17.2. The first-order chi connectivity index (χ1) is 11.2. The number of carbonyl (C=O) groups excluding carboxylic acids is 1. The van der Waals surface area contributed by atoms with Crippen molar-refractivity contribution in [1.29, 1.82) is 0 Å². The van der Waals surface area contributed by atoms with Gasteiger partial charge in [0.1, 0.15) is 11.7 Å². The van der Waals surface area contributed by atoms with Crippen molar-refractivity contribution in [1.82, 2.24) is 0 Å². The number of hydrogen-bond acceptors (Lipinski definition) is 4. The average Bonchev–Trinajstić information content (AvgIpc) is 2.53. The van der Waals surface area contributed by atoms with Crippen LogP contribution >= 0.6 is 0 Å². The normalized spacial score (nSPS) is 31.7. The van der Waals surface area contributed by atoms with Gasteiger partial charge < -0.3 is 4.74 Å². The highest BCUT2D eigenvalue weighted by Crippen LogP contribution is 2.44. The van der Waals surface area contributed by atoms with E-state index in [1.807, 2.05) is 6.92 Å². The molecule has 2 aliphatic rings. The van der Waals surface area contributed by atoms with Gasteiger partial charge in [-0.1, -0.05) is 25.0 Å². The van der Waals surface area contributed by atoms with Crippen molar-refractivity contribution in [2.24, 2.45) is 11.3 Å². The minimum atomic E-state index is -0.290. The van der Waals surface area contributed by atoms with Crippen molar-refractivity contribution < 1.29 is 19.3 Å². The lowest BCUT2D eigenvalue weighted by atomic mass is 9.70. The van der Waals surface area contributed by atoms with Gasteiger partial charge in [0, 0.05) is 0 Å². The number of esters is 1. The molecule has 1 aliphatic heterocycles. The molecule has 2 rings (SSSR count). The number of methoxy groups -OCH3 is 1. The Labute approximate surface area is 146 Å². The second-order valence-corrected chi connectivity index (χ2v) is 8.51. The van der Waals surface area contributed by atoms with Gasteiger partial charge in [-0.15, -0.1) is 0 Å². The van der Waals surface area contributed by atoms with Crippen LogP contribution in [0.1, 0.15) is 79.6 Å². The first-order valence-electron chi connectivity index (χ1n) is 9.30. The molecule has 0 bridgehead atoms. The maximum Gasteiger partial charge on any atom is 0.311 e. The van der Waals surface area contributed by atoms with Crippen LogP contribution in [0.25, 0.3) is 0 Å². The van der Waals surface area contributed by atoms with Crippen molar-refractivity contribution in [3.63, 3.8) is 0 Å². The predicted molar refractivity (Wildman–Crippen MR) is 94.3 cm³/mol. The molecule has 0 aromatic carbocycles. The third kappa shape index (κ3) is 4.40. The standard InChI is InChI=1S/C20H34O4/c1-14-8-7-11-19(3,4)16(14)9-12-20(5)13-10-17(23-24-20)15(2)18(21)22-6/h15,17H,7-13H2,1-6H3/t15-,17-,20+/m1/s1. The fourth-order valence-electron chi connectivity index (χ4n) is 4.17. The lowest BCUT2D eigenvalue weighted by Gasteiger charge is -2.40. The molecule has 138 valence electrons. The Kier molecular flexibility index (Phi) is 6.14. The topological polar surface area (TPSA) is 44.8 Å². The molecule has 0 unspecified atom stereocenters. The van der Waals surface area contributed by atoms with Crippen LogP contribution in [0.15, 0.2) is 11.1 Å². The van der Waals surface area contributed by atoms with E-state index in [4.69, 9.17) is 14.5 Å². The summed E-state index contributed by atoms with van der Waals surface area (Å²) in [5.41, 5.74) is 3.19. The Bertz CT molecular complexity index is 484. The van der Waals surface area contributed by atoms with Crippen molar-refractivity contribution in [2.45, 2.75) is 91.3 Å². The Morgan fingerprint density at radius 3 is 2.58 bits per heavy atom. The average molecular weight is 338 g/mol. The fraction of sp³-hybridized carbons (Fsp3) is 0.850. The zero-order valence-electron chi connectivity index (χ0n) is 16.2. The summed E-state index contributed by atoms with van der Waals surface area (Å²) in [6.45, 7) is 11.0. The Balaban J connectivity index is 1.91. The minimum absolute atomic E-state index is 0.211. The van der Waals surface area contributed by atoms with E-state index in [0.29, 0.717) is 5.41 Å². The summed E-state index contributed by atoms with van der Waals surface area (Å²) in [4.78, 5) is 23.0. The van der Waals surface area contributed by atoms with Crippen molar-refractivity contribution in [2.75, 3.05) is 7.11 Å². The van der Waals surface area contributed by atoms with E-state index in [0.717, 1.165) is 25.7 Å². The van der Waals surface area contributed by atoms with Crippen LogP contribution in [0.4, 0.5) is 0 Å². The van der Waals surface area contributed by atoms with Gasteiger partial charge in [-0.05, 0) is 71.1 Å². The second-order valence-electron chi connectivity index (χ2n) is 8.51. The first-order valence-corrected chi connectivity index (χ1v) is 9.30. The molecule has 0 radical (unpaired) electrons. The van der Waals surface area contributed by atoms with Crippen LogP contribution < -0.4 is 0 Å². The van der Waals surface area contributed by atoms with Crippen molar-refractivity contribution in [3.05, 3.63) is 11.1 Å². The lowest BCUT2D eigenvalue weighted by Crippen LogP contribution is -2.42. The molecule has 0 aromatic heterocycles. The van der Waals surface area contributed by atoms with E-state index >= 15 is 0 Å². The van der Waals surface area contributed by atoms with Crippen LogP contribution in [0.2, 0.25) is 0 Å². The summed E-state index contributed by atoms with van der Waals surface area (Å²) in [6.07, 6.45) is 7.35. The monoisotopic (exact) mass is 338 g/mol. The Morgan fingerprint density at radius 2 is 2.04 bits per heavy atom. The summed E-state index contributed by atoms with van der Waals surface area (Å²) in [5, 5.41) is 0. The SMILES string of the molecule is COC(=O)[C@H](C)[C@H]1CC[C@](C)(CCC2=C(C)CCCC2(C)C)OO1. The van der Waals surface area contributed by atoms with Gasteiger partial charge >= 0.3 is 5.97 Å². The number of allylic oxidation sites excluding steroid dienone is 2. The zero-order chi connectivity index (χ0) is 18.0. The fourth-order valence-corrected chi connectivity index (χ4v) is 4.17. The summed E-state index contributed by atoms with van der Waals surface area (Å²) in [7, 11) is 1.41. The maximum atomic E-state index is 11.6. The molecule has 24 heavy (non-hydrogen) atoms. The summed E-state index contributed by atoms with van der Waals surface area (Å²) in [6, 6.07) is 0. The van der Waals surface area contributed by atoms with E-state index in [9.17, 15) is 4.79 Å². The van der Waals surface area contributed by atoms with Gasteiger partial charge in [0.25, 0.3) is 0 Å². The summed E-state index contributed by atoms with van der Waals surface area (Å²) < 4.78 is 4.80. The minimum Gasteiger partial charge on any atom is -0.469 e. The molecule has 4 nitrogen and oxygen atoms in total. The quantitative estimate of drug-likeness (QED) is 0.403. The van der Waals surface area contributed by atoms with Crippen LogP contribution in [0.3, 0.4) is 0 Å². The van der Waals surface area contributed by atoms with Crippen molar-refractivity contribution >= 4 is 5.97 Å². The van der Waals surface area contributed by atoms with Gasteiger partial charge in [-0.3, -0.25) is 4.79 Å². The number of ether oxygens (including phenoxy) is 1. The molecule has 1 heterocycles. The van der Waals surface area contributed by atoms with Gasteiger partial charge in [0.05, 0.1) is 13.0 Å². The van der Waals surface area contributed by atoms with Crippen LogP contribution in [0.5, 0.6) is 0 Å². The number of carbonyl (C=O) groups is 1. The molecule has 0 saturated carbocycles. The molecule has 0 amide bonds. The molecule has 1 fully saturated rings. The number of rotatable bonds is 5. The van der Waals surface area contributed by atoms with Crippen LogP contribution in [-0.4, -0.2) is 24.8 Å². The first kappa shape index (κ1) is 19.5. The molecule has 3 atom stereocenters. The molecule has 0 aromatic rings. The second kappa shape index (κ2) is 7.57. The van der Waals surface area contributed by atoms with Gasteiger partial charge in [0.2, 0.25) is 0 Å². The van der Waals surface area contributed by atoms with Crippen LogP contribution in [-0.2, 0) is 19.3 Å². The van der Waals surface area contributed by atoms with E-state index in [-0.39, 0.29) is 23.6 Å². The molecule has 1 aliphatic carbocycles. The largest absolute Gasteiger partial charge is 0.469 e. The molecule has 1 saturated heterocycles. The summed E-state index contributed by atoms with van der Waals surface area (Å²) in [5.74, 6) is -0.529. The third-order valence-corrected chi connectivity index (χ3v) is 6.05. The molecule has 0 N–H and O–H groups in total. The third-order valence-electron chi connectivity index (χ3n) is 6.05. The van der Waals surface area contributed by atoms with Crippen molar-refractivity contribution in [3.8, 4) is 0 Å². The lowest BCUT2D eigenvalue weighted by molar-refractivity contribution is -0.411. The van der Waals surface area contributed by atoms with Gasteiger partial charge in [-0.25, -0.2) is 9.78 Å². The highest BCUT2D eigenvalue weighted by Gasteiger charge is 2.39. The molecular weight excluding hydrogens is 304 g/mol.